The Balaban J connectivity index is -0.000000129. The van der Waals surface area contributed by atoms with Crippen LogP contribution in [0.1, 0.15) is 245 Å². The third-order valence-corrected chi connectivity index (χ3v) is 16.4. The van der Waals surface area contributed by atoms with Gasteiger partial charge in [-0.2, -0.15) is 105 Å². The van der Waals surface area contributed by atoms with Crippen LogP contribution in [0.4, 0.5) is 105 Å². The summed E-state index contributed by atoms with van der Waals surface area (Å²) in [7, 11) is 0. The van der Waals surface area contributed by atoms with Gasteiger partial charge in [-0.1, -0.05) is 226 Å². The maximum Gasteiger partial charge on any atom is 0.394 e. The van der Waals surface area contributed by atoms with Crippen molar-refractivity contribution in [3.05, 3.63) is 0 Å². The van der Waals surface area contributed by atoms with Gasteiger partial charge in [-0.3, -0.25) is 0 Å². The number of hydrogen-bond donors (Lipinski definition) is 0. The van der Waals surface area contributed by atoms with Gasteiger partial charge in [-0.05, 0) is 58.7 Å². The van der Waals surface area contributed by atoms with E-state index in [4.69, 9.17) is 0 Å². The maximum absolute atomic E-state index is 12.3. The van der Waals surface area contributed by atoms with Crippen LogP contribution in [0, 0.1) is 86.3 Å². The minimum absolute atomic E-state index is 0.0895. The van der Waals surface area contributed by atoms with Crippen LogP contribution in [0.3, 0.4) is 0 Å². The summed E-state index contributed by atoms with van der Waals surface area (Å²) in [6.07, 6.45) is -30.5. The van der Waals surface area contributed by atoms with Gasteiger partial charge in [0.1, 0.15) is 0 Å². The van der Waals surface area contributed by atoms with Crippen LogP contribution in [0.2, 0.25) is 0 Å². The monoisotopic (exact) mass is 1270 g/mol. The highest BCUT2D eigenvalue weighted by Crippen LogP contribution is 2.50. The van der Waals surface area contributed by atoms with E-state index in [1.54, 1.807) is 104 Å². The van der Waals surface area contributed by atoms with Gasteiger partial charge in [-0.15, -0.1) is 0 Å². The van der Waals surface area contributed by atoms with E-state index >= 15 is 0 Å². The molecule has 0 aliphatic rings. The zero-order valence-electron chi connectivity index (χ0n) is 55.0. The molecular formula is C59H110F24. The molecule has 0 aromatic rings. The first kappa shape index (κ1) is 97.6. The van der Waals surface area contributed by atoms with Crippen molar-refractivity contribution in [3.8, 4) is 0 Å². The summed E-state index contributed by atoms with van der Waals surface area (Å²) in [6, 6.07) is 0. The molecule has 0 aromatic carbocycles. The minimum Gasteiger partial charge on any atom is -0.171 e. The van der Waals surface area contributed by atoms with E-state index in [2.05, 4.69) is 0 Å². The van der Waals surface area contributed by atoms with Gasteiger partial charge in [-0.25, -0.2) is 0 Å². The Morgan fingerprint density at radius 1 is 0.349 bits per heavy atom. The van der Waals surface area contributed by atoms with Crippen LogP contribution in [-0.4, -0.2) is 49.4 Å². The van der Waals surface area contributed by atoms with Crippen LogP contribution in [0.5, 0.6) is 0 Å². The maximum atomic E-state index is 12.3. The summed E-state index contributed by atoms with van der Waals surface area (Å²) in [6.45, 7) is 43.3. The Labute approximate surface area is 485 Å². The van der Waals surface area contributed by atoms with Crippen molar-refractivity contribution in [1.29, 1.82) is 0 Å². The molecule has 0 spiro atoms. The van der Waals surface area contributed by atoms with E-state index in [-0.39, 0.29) is 47.8 Å². The predicted molar refractivity (Wildman–Crippen MR) is 291 cm³/mol. The molecule has 6 atom stereocenters. The van der Waals surface area contributed by atoms with Crippen LogP contribution >= 0.6 is 0 Å². The average molecular weight is 1280 g/mol. The van der Waals surface area contributed by atoms with Crippen molar-refractivity contribution in [2.75, 3.05) is 0 Å². The molecule has 0 bridgehead atoms. The Morgan fingerprint density at radius 2 is 0.651 bits per heavy atom. The Bertz CT molecular complexity index is 1500. The summed E-state index contributed by atoms with van der Waals surface area (Å²) in [4.78, 5) is 0. The summed E-state index contributed by atoms with van der Waals surface area (Å²) in [5.74, 6) is -4.78. The molecule has 0 saturated carbocycles. The van der Waals surface area contributed by atoms with E-state index in [0.29, 0.717) is 32.1 Å². The van der Waals surface area contributed by atoms with E-state index in [0.717, 1.165) is 0 Å². The van der Waals surface area contributed by atoms with Crippen molar-refractivity contribution in [1.82, 2.24) is 0 Å². The highest BCUT2D eigenvalue weighted by molar-refractivity contribution is 4.88. The lowest BCUT2D eigenvalue weighted by Crippen LogP contribution is -2.43. The van der Waals surface area contributed by atoms with Crippen LogP contribution < -0.4 is 0 Å². The first-order chi connectivity index (χ1) is 35.7. The Kier molecular flexibility index (Phi) is 45.5. The molecule has 514 valence electrons. The first-order valence-electron chi connectivity index (χ1n) is 28.2. The molecule has 4 unspecified atom stereocenters. The van der Waals surface area contributed by atoms with Gasteiger partial charge in [0.25, 0.3) is 0 Å². The molecule has 24 heteroatoms. The van der Waals surface area contributed by atoms with Gasteiger partial charge < -0.3 is 0 Å². The SMILES string of the molecule is CC(C)(C)C(C)(C)C(F)(F)F.CC(C)C(C)(C)C(F)(F)F.CC(C)[C@@H](C)C(C)C(F)(F)F.CC(C)[C@@H](C)C(C)C(F)(F)F.CCC(C)(C)CC(F)(F)F.CCC(C)C(C)C(F)(F)F.CCC(CC)CC(F)(F)F.CCCC(C)(C)C(F)(F)F. The van der Waals surface area contributed by atoms with E-state index < -0.39 is 107 Å². The molecular weight excluding hydrogens is 1160 g/mol. The quantitative estimate of drug-likeness (QED) is 0.152. The summed E-state index contributed by atoms with van der Waals surface area (Å²) < 4.78 is 288. The first-order valence-corrected chi connectivity index (χ1v) is 28.2. The highest BCUT2D eigenvalue weighted by atomic mass is 19.4. The molecule has 0 N–H and O–H groups in total. The highest BCUT2D eigenvalue weighted by Gasteiger charge is 2.54. The third-order valence-electron chi connectivity index (χ3n) is 16.4. The Hall–Kier alpha value is -1.68. The van der Waals surface area contributed by atoms with Crippen molar-refractivity contribution in [2.24, 2.45) is 86.3 Å². The minimum atomic E-state index is -4.12. The van der Waals surface area contributed by atoms with Crippen molar-refractivity contribution in [3.63, 3.8) is 0 Å². The second-order valence-corrected chi connectivity index (χ2v) is 26.3. The number of alkyl halides is 24. The molecule has 0 nitrogen and oxygen atoms in total. The average Bonchev–Trinajstić information content (AvgIpc) is 3.24. The molecule has 83 heavy (non-hydrogen) atoms. The van der Waals surface area contributed by atoms with Gasteiger partial charge in [0.15, 0.2) is 0 Å². The van der Waals surface area contributed by atoms with Crippen molar-refractivity contribution in [2.45, 2.75) is 295 Å². The van der Waals surface area contributed by atoms with E-state index in [1.165, 1.54) is 62.3 Å². The number of hydrogen-bond acceptors (Lipinski definition) is 0. The largest absolute Gasteiger partial charge is 0.394 e. The van der Waals surface area contributed by atoms with Crippen LogP contribution in [-0.2, 0) is 0 Å². The fraction of sp³-hybridized carbons (Fsp3) is 1.00. The van der Waals surface area contributed by atoms with Crippen LogP contribution in [0.25, 0.3) is 0 Å². The van der Waals surface area contributed by atoms with Gasteiger partial charge in [0.05, 0.1) is 34.0 Å². The van der Waals surface area contributed by atoms with E-state index in [9.17, 15) is 105 Å². The van der Waals surface area contributed by atoms with Gasteiger partial charge in [0, 0.05) is 12.8 Å². The van der Waals surface area contributed by atoms with E-state index in [1.807, 2.05) is 27.7 Å². The summed E-state index contributed by atoms with van der Waals surface area (Å²) >= 11 is 0. The molecule has 0 aliphatic carbocycles. The molecule has 0 fully saturated rings. The van der Waals surface area contributed by atoms with Crippen molar-refractivity contribution >= 4 is 0 Å². The molecule has 0 amide bonds. The zero-order chi connectivity index (χ0) is 69.9. The topological polar surface area (TPSA) is 0 Å². The molecule has 0 saturated heterocycles. The number of halogens is 24. The normalized spacial score (nSPS) is 15.8. The molecule has 0 radical (unpaired) electrons. The lowest BCUT2D eigenvalue weighted by Gasteiger charge is -2.40. The predicted octanol–water partition coefficient (Wildman–Crippen LogP) is 27.2. The second kappa shape index (κ2) is 38.7. The summed E-state index contributed by atoms with van der Waals surface area (Å²) in [5.41, 5.74) is -6.04. The third kappa shape index (κ3) is 47.1. The summed E-state index contributed by atoms with van der Waals surface area (Å²) in [5, 5.41) is 0. The molecule has 0 rings (SSSR count). The fourth-order valence-electron chi connectivity index (χ4n) is 5.52. The second-order valence-electron chi connectivity index (χ2n) is 26.3. The molecule has 0 aliphatic heterocycles. The molecule has 0 aromatic heterocycles. The lowest BCUT2D eigenvalue weighted by atomic mass is 9.69. The number of rotatable bonds is 14. The smallest absolute Gasteiger partial charge is 0.171 e. The molecule has 0 heterocycles. The fourth-order valence-corrected chi connectivity index (χ4v) is 5.52. The van der Waals surface area contributed by atoms with Gasteiger partial charge >= 0.3 is 49.4 Å². The zero-order valence-corrected chi connectivity index (χ0v) is 55.0. The van der Waals surface area contributed by atoms with Crippen LogP contribution in [0.15, 0.2) is 0 Å². The van der Waals surface area contributed by atoms with Gasteiger partial charge in [0.2, 0.25) is 0 Å². The Morgan fingerprint density at radius 3 is 0.711 bits per heavy atom. The van der Waals surface area contributed by atoms with Crippen molar-refractivity contribution < 1.29 is 105 Å². The standard InChI is InChI=1S/3C8H15F3.5C7H13F3/c1-6(2,3)7(4,5)8(9,10)11;2*1-5(2)6(3)7(4)8(9,10)11;1-5(2)6(3,4)7(8,9)10;1-4-6(2,3)5-7(8,9)10;1-4-5-6(2,3)7(8,9)10;1-4-5(2)6(3)7(8,9)10;1-3-6(4-2)5-7(8,9)10/h1-5H3;2*5-7H,1-4H3;5H,1-4H3;2*4-5H2,1-3H3;5-6H,4H2,1-3H3;6H,3-5H2,1-2H3/t;2*6-,7?;;;;;/m.11...../s1. The lowest BCUT2D eigenvalue weighted by molar-refractivity contribution is -0.243.